The Labute approximate surface area is 134 Å². The predicted molar refractivity (Wildman–Crippen MR) is 87.1 cm³/mol. The van der Waals surface area contributed by atoms with Crippen LogP contribution in [-0.4, -0.2) is 19.0 Å². The van der Waals surface area contributed by atoms with Crippen molar-refractivity contribution in [2.75, 3.05) is 6.61 Å². The van der Waals surface area contributed by atoms with E-state index in [2.05, 4.69) is 0 Å². The summed E-state index contributed by atoms with van der Waals surface area (Å²) < 4.78 is 11.4. The van der Waals surface area contributed by atoms with E-state index in [4.69, 9.17) is 21.1 Å². The van der Waals surface area contributed by atoms with Crippen LogP contribution < -0.4 is 9.47 Å². The van der Waals surface area contributed by atoms with E-state index in [0.717, 1.165) is 36.0 Å². The second-order valence-electron chi connectivity index (χ2n) is 5.27. The van der Waals surface area contributed by atoms with Gasteiger partial charge in [0.1, 0.15) is 17.8 Å². The summed E-state index contributed by atoms with van der Waals surface area (Å²) in [4.78, 5) is 10.9. The summed E-state index contributed by atoms with van der Waals surface area (Å²) in [5.74, 6) is 1.40. The number of hydrogen-bond donors (Lipinski definition) is 0. The first-order valence-corrected chi connectivity index (χ1v) is 7.77. The number of halogens is 1. The molecule has 0 amide bonds. The summed E-state index contributed by atoms with van der Waals surface area (Å²) in [5.41, 5.74) is 2.44. The van der Waals surface area contributed by atoms with Gasteiger partial charge in [-0.2, -0.15) is 0 Å². The molecule has 0 aliphatic heterocycles. The Bertz CT molecular complexity index is 693. The maximum absolute atomic E-state index is 10.9. The van der Waals surface area contributed by atoms with Crippen molar-refractivity contribution >= 4 is 17.9 Å². The van der Waals surface area contributed by atoms with Crippen molar-refractivity contribution in [2.45, 2.75) is 25.9 Å². The molecule has 0 N–H and O–H groups in total. The quantitative estimate of drug-likeness (QED) is 0.721. The second kappa shape index (κ2) is 6.41. The molecule has 22 heavy (non-hydrogen) atoms. The molecule has 0 bridgehead atoms. The maximum Gasteiger partial charge on any atom is 0.150 e. The Morgan fingerprint density at radius 3 is 2.64 bits per heavy atom. The number of hydrogen-bond acceptors (Lipinski definition) is 3. The zero-order valence-electron chi connectivity index (χ0n) is 12.3. The summed E-state index contributed by atoms with van der Waals surface area (Å²) >= 11 is 6.32. The summed E-state index contributed by atoms with van der Waals surface area (Å²) in [6.07, 6.45) is 3.32. The highest BCUT2D eigenvalue weighted by Gasteiger charge is 2.24. The van der Waals surface area contributed by atoms with Crippen molar-refractivity contribution in [3.05, 3.63) is 47.0 Å². The zero-order valence-corrected chi connectivity index (χ0v) is 13.1. The first-order chi connectivity index (χ1) is 10.7. The van der Waals surface area contributed by atoms with Crippen molar-refractivity contribution in [3.8, 4) is 22.6 Å². The molecule has 0 spiro atoms. The molecule has 0 unspecified atom stereocenters. The lowest BCUT2D eigenvalue weighted by atomic mass is 10.0. The van der Waals surface area contributed by atoms with Gasteiger partial charge in [-0.15, -0.1) is 0 Å². The van der Waals surface area contributed by atoms with Crippen LogP contribution in [0.5, 0.6) is 11.5 Å². The molecule has 114 valence electrons. The molecule has 1 aliphatic rings. The number of ether oxygens (including phenoxy) is 2. The highest BCUT2D eigenvalue weighted by Crippen LogP contribution is 2.37. The maximum atomic E-state index is 10.9. The van der Waals surface area contributed by atoms with Crippen molar-refractivity contribution in [2.24, 2.45) is 0 Å². The highest BCUT2D eigenvalue weighted by molar-refractivity contribution is 6.32. The lowest BCUT2D eigenvalue weighted by Gasteiger charge is -2.13. The fourth-order valence-corrected chi connectivity index (χ4v) is 2.48. The topological polar surface area (TPSA) is 35.5 Å². The molecule has 3 rings (SSSR count). The van der Waals surface area contributed by atoms with E-state index in [1.165, 1.54) is 0 Å². The third-order valence-electron chi connectivity index (χ3n) is 3.50. The molecule has 3 nitrogen and oxygen atoms in total. The van der Waals surface area contributed by atoms with Crippen LogP contribution in [0.1, 0.15) is 30.1 Å². The van der Waals surface area contributed by atoms with Crippen LogP contribution in [0.2, 0.25) is 5.02 Å². The first kappa shape index (κ1) is 14.9. The standard InChI is InChI=1S/C18H17ClO3/c1-2-21-18-9-12(11-20)3-7-15(18)13-4-8-17(16(19)10-13)22-14-5-6-14/h3-4,7-11,14H,2,5-6H2,1H3. The highest BCUT2D eigenvalue weighted by atomic mass is 35.5. The Morgan fingerprint density at radius 1 is 1.18 bits per heavy atom. The van der Waals surface area contributed by atoms with Crippen molar-refractivity contribution < 1.29 is 14.3 Å². The lowest BCUT2D eigenvalue weighted by Crippen LogP contribution is -1.98. The fraction of sp³-hybridized carbons (Fsp3) is 0.278. The number of carbonyl (C=O) groups excluding carboxylic acids is 1. The molecule has 4 heteroatoms. The Kier molecular flexibility index (Phi) is 4.34. The molecule has 1 saturated carbocycles. The Hall–Kier alpha value is -2.00. The summed E-state index contributed by atoms with van der Waals surface area (Å²) in [7, 11) is 0. The van der Waals surface area contributed by atoms with E-state index < -0.39 is 0 Å². The van der Waals surface area contributed by atoms with Gasteiger partial charge >= 0.3 is 0 Å². The van der Waals surface area contributed by atoms with Gasteiger partial charge in [0.2, 0.25) is 0 Å². The van der Waals surface area contributed by atoms with Gasteiger partial charge in [-0.05, 0) is 49.6 Å². The van der Waals surface area contributed by atoms with Gasteiger partial charge in [0.15, 0.2) is 0 Å². The first-order valence-electron chi connectivity index (χ1n) is 7.40. The number of aldehydes is 1. The smallest absolute Gasteiger partial charge is 0.150 e. The molecule has 0 aromatic heterocycles. The molecule has 2 aromatic rings. The number of rotatable bonds is 6. The molecule has 0 radical (unpaired) electrons. The van der Waals surface area contributed by atoms with E-state index >= 15 is 0 Å². The third kappa shape index (κ3) is 3.25. The molecule has 1 fully saturated rings. The van der Waals surface area contributed by atoms with Crippen LogP contribution in [0.15, 0.2) is 36.4 Å². The lowest BCUT2D eigenvalue weighted by molar-refractivity contribution is 0.112. The van der Waals surface area contributed by atoms with Gasteiger partial charge in [-0.3, -0.25) is 4.79 Å². The molecular formula is C18H17ClO3. The van der Waals surface area contributed by atoms with Crippen LogP contribution >= 0.6 is 11.6 Å². The zero-order chi connectivity index (χ0) is 15.5. The van der Waals surface area contributed by atoms with E-state index in [1.54, 1.807) is 12.1 Å². The summed E-state index contributed by atoms with van der Waals surface area (Å²) in [6, 6.07) is 11.1. The number of carbonyl (C=O) groups is 1. The monoisotopic (exact) mass is 316 g/mol. The molecule has 0 saturated heterocycles. The van der Waals surface area contributed by atoms with Crippen molar-refractivity contribution in [3.63, 3.8) is 0 Å². The van der Waals surface area contributed by atoms with Gasteiger partial charge in [-0.1, -0.05) is 23.7 Å². The molecule has 0 heterocycles. The second-order valence-corrected chi connectivity index (χ2v) is 5.68. The number of benzene rings is 2. The van der Waals surface area contributed by atoms with E-state index in [1.807, 2.05) is 31.2 Å². The van der Waals surface area contributed by atoms with Gasteiger partial charge < -0.3 is 9.47 Å². The minimum absolute atomic E-state index is 0.314. The average molecular weight is 317 g/mol. The molecular weight excluding hydrogens is 300 g/mol. The summed E-state index contributed by atoms with van der Waals surface area (Å²) in [6.45, 7) is 2.45. The summed E-state index contributed by atoms with van der Waals surface area (Å²) in [5, 5.41) is 0.589. The Balaban J connectivity index is 1.95. The van der Waals surface area contributed by atoms with Crippen molar-refractivity contribution in [1.29, 1.82) is 0 Å². The predicted octanol–water partition coefficient (Wildman–Crippen LogP) is 4.76. The van der Waals surface area contributed by atoms with Crippen LogP contribution in [-0.2, 0) is 0 Å². The SMILES string of the molecule is CCOc1cc(C=O)ccc1-c1ccc(OC2CC2)c(Cl)c1. The van der Waals surface area contributed by atoms with Gasteiger partial charge in [0.25, 0.3) is 0 Å². The van der Waals surface area contributed by atoms with Crippen molar-refractivity contribution in [1.82, 2.24) is 0 Å². The van der Waals surface area contributed by atoms with Crippen LogP contribution in [0.3, 0.4) is 0 Å². The average Bonchev–Trinajstić information content (AvgIpc) is 3.34. The van der Waals surface area contributed by atoms with Gasteiger partial charge in [-0.25, -0.2) is 0 Å². The van der Waals surface area contributed by atoms with Crippen LogP contribution in [0, 0.1) is 0 Å². The van der Waals surface area contributed by atoms with Crippen LogP contribution in [0.25, 0.3) is 11.1 Å². The molecule has 1 aliphatic carbocycles. The van der Waals surface area contributed by atoms with Gasteiger partial charge in [0, 0.05) is 11.1 Å². The largest absolute Gasteiger partial charge is 0.493 e. The fourth-order valence-electron chi connectivity index (χ4n) is 2.26. The molecule has 0 atom stereocenters. The Morgan fingerprint density at radius 2 is 2.00 bits per heavy atom. The van der Waals surface area contributed by atoms with Crippen LogP contribution in [0.4, 0.5) is 0 Å². The minimum Gasteiger partial charge on any atom is -0.493 e. The third-order valence-corrected chi connectivity index (χ3v) is 3.80. The van der Waals surface area contributed by atoms with Gasteiger partial charge in [0.05, 0.1) is 17.7 Å². The van der Waals surface area contributed by atoms with E-state index in [0.29, 0.717) is 29.0 Å². The van der Waals surface area contributed by atoms with E-state index in [-0.39, 0.29) is 0 Å². The minimum atomic E-state index is 0.314. The normalized spacial score (nSPS) is 13.7. The van der Waals surface area contributed by atoms with E-state index in [9.17, 15) is 4.79 Å². The molecule has 2 aromatic carbocycles.